The Morgan fingerprint density at radius 3 is 2.71 bits per heavy atom. The van der Waals surface area contributed by atoms with E-state index in [2.05, 4.69) is 30.7 Å². The molecule has 10 nitrogen and oxygen atoms in total. The molecular weight excluding hydrogens is 420 g/mol. The first-order valence-corrected chi connectivity index (χ1v) is 9.83. The molecule has 0 radical (unpaired) electrons. The lowest BCUT2D eigenvalue weighted by Crippen LogP contribution is -2.21. The number of carbonyl (C=O) groups excluding carboxylic acids is 1. The molecule has 0 fully saturated rings. The maximum Gasteiger partial charge on any atom is 0.323 e. The molecular formula is C20H21ClN8O2. The standard InChI is InChI=1S/C20H21ClN8O2/c1-11-8-29-19(25-11)17(12(2)31-4)15(7-24-29)27-20(30)26-13-5-14(21)18(22-6-13)16-9-28(3)10-23-16/h5-10,12H,1-4H3,(H2,26,27,30). The van der Waals surface area contributed by atoms with Gasteiger partial charge in [-0.15, -0.1) is 0 Å². The smallest absolute Gasteiger partial charge is 0.323 e. The van der Waals surface area contributed by atoms with Crippen LogP contribution >= 0.6 is 11.6 Å². The van der Waals surface area contributed by atoms with E-state index in [-0.39, 0.29) is 6.10 Å². The van der Waals surface area contributed by atoms with Gasteiger partial charge in [0.25, 0.3) is 0 Å². The molecule has 0 saturated carbocycles. The lowest BCUT2D eigenvalue weighted by Gasteiger charge is -2.16. The Labute approximate surface area is 183 Å². The zero-order valence-corrected chi connectivity index (χ0v) is 18.2. The number of imidazole rings is 2. The number of anilines is 2. The fraction of sp³-hybridized carbons (Fsp3) is 0.250. The van der Waals surface area contributed by atoms with Gasteiger partial charge in [-0.2, -0.15) is 5.10 Å². The van der Waals surface area contributed by atoms with E-state index in [9.17, 15) is 4.79 Å². The molecule has 4 aromatic heterocycles. The monoisotopic (exact) mass is 440 g/mol. The molecule has 160 valence electrons. The molecule has 2 N–H and O–H groups in total. The lowest BCUT2D eigenvalue weighted by molar-refractivity contribution is 0.120. The first-order valence-electron chi connectivity index (χ1n) is 9.45. The van der Waals surface area contributed by atoms with Gasteiger partial charge >= 0.3 is 6.03 Å². The zero-order valence-electron chi connectivity index (χ0n) is 17.4. The van der Waals surface area contributed by atoms with E-state index < -0.39 is 6.03 Å². The van der Waals surface area contributed by atoms with Crippen molar-refractivity contribution >= 4 is 34.7 Å². The minimum Gasteiger partial charge on any atom is -0.377 e. The molecule has 2 amide bonds. The van der Waals surface area contributed by atoms with Crippen LogP contribution in [0.3, 0.4) is 0 Å². The molecule has 4 rings (SSSR count). The molecule has 11 heteroatoms. The Kier molecular flexibility index (Phi) is 5.57. The summed E-state index contributed by atoms with van der Waals surface area (Å²) in [5.41, 5.74) is 4.27. The minimum absolute atomic E-state index is 0.309. The lowest BCUT2D eigenvalue weighted by atomic mass is 10.1. The van der Waals surface area contributed by atoms with Gasteiger partial charge in [0.05, 0.1) is 58.7 Å². The van der Waals surface area contributed by atoms with Crippen LogP contribution in [0.1, 0.15) is 24.3 Å². The summed E-state index contributed by atoms with van der Waals surface area (Å²) in [5, 5.41) is 10.2. The average Bonchev–Trinajstić information content (AvgIpc) is 3.32. The number of nitrogens with one attached hydrogen (secondary N) is 2. The van der Waals surface area contributed by atoms with Crippen molar-refractivity contribution < 1.29 is 9.53 Å². The summed E-state index contributed by atoms with van der Waals surface area (Å²) in [6.45, 7) is 3.75. The number of pyridine rings is 1. The predicted octanol–water partition coefficient (Wildman–Crippen LogP) is 3.84. The molecule has 0 aromatic carbocycles. The van der Waals surface area contributed by atoms with Crippen molar-refractivity contribution in [3.8, 4) is 11.4 Å². The van der Waals surface area contributed by atoms with Crippen molar-refractivity contribution in [2.24, 2.45) is 7.05 Å². The molecule has 0 spiro atoms. The van der Waals surface area contributed by atoms with Crippen molar-refractivity contribution in [3.63, 3.8) is 0 Å². The van der Waals surface area contributed by atoms with E-state index in [1.807, 2.05) is 33.3 Å². The third-order valence-corrected chi connectivity index (χ3v) is 4.99. The van der Waals surface area contributed by atoms with E-state index in [1.54, 1.807) is 34.8 Å². The van der Waals surface area contributed by atoms with Gasteiger partial charge in [-0.1, -0.05) is 11.6 Å². The summed E-state index contributed by atoms with van der Waals surface area (Å²) in [6.07, 6.45) is 8.06. The second kappa shape index (κ2) is 8.32. The second-order valence-corrected chi connectivity index (χ2v) is 7.47. The Bertz CT molecular complexity index is 1270. The SMILES string of the molecule is COC(C)c1c(NC(=O)Nc2cnc(-c3cn(C)cn3)c(Cl)c2)cnn2cc(C)nc12. The van der Waals surface area contributed by atoms with Crippen molar-refractivity contribution in [2.45, 2.75) is 20.0 Å². The number of hydrogen-bond acceptors (Lipinski definition) is 6. The van der Waals surface area contributed by atoms with Crippen LogP contribution in [0.2, 0.25) is 5.02 Å². The number of ether oxygens (including phenoxy) is 1. The number of rotatable bonds is 5. The number of carbonyl (C=O) groups is 1. The summed E-state index contributed by atoms with van der Waals surface area (Å²) in [7, 11) is 3.46. The molecule has 1 unspecified atom stereocenters. The molecule has 0 saturated heterocycles. The van der Waals surface area contributed by atoms with Gasteiger partial charge in [-0.25, -0.2) is 19.3 Å². The van der Waals surface area contributed by atoms with E-state index in [0.29, 0.717) is 33.4 Å². The fourth-order valence-corrected chi connectivity index (χ4v) is 3.46. The number of amides is 2. The number of urea groups is 1. The van der Waals surface area contributed by atoms with Gasteiger partial charge < -0.3 is 19.9 Å². The quantitative estimate of drug-likeness (QED) is 0.487. The number of nitrogens with zero attached hydrogens (tertiary/aromatic N) is 6. The van der Waals surface area contributed by atoms with Crippen LogP contribution in [-0.4, -0.2) is 42.3 Å². The minimum atomic E-state index is -0.470. The van der Waals surface area contributed by atoms with Crippen molar-refractivity contribution in [3.05, 3.63) is 53.5 Å². The van der Waals surface area contributed by atoms with E-state index in [1.165, 1.54) is 6.20 Å². The van der Waals surface area contributed by atoms with Crippen LogP contribution in [0.25, 0.3) is 17.0 Å². The van der Waals surface area contributed by atoms with Gasteiger partial charge in [0.1, 0.15) is 11.4 Å². The Morgan fingerprint density at radius 1 is 1.23 bits per heavy atom. The van der Waals surface area contributed by atoms with Gasteiger partial charge in [0.2, 0.25) is 0 Å². The maximum absolute atomic E-state index is 12.7. The summed E-state index contributed by atoms with van der Waals surface area (Å²) in [5.74, 6) is 0. The predicted molar refractivity (Wildman–Crippen MR) is 117 cm³/mol. The van der Waals surface area contributed by atoms with Crippen LogP contribution < -0.4 is 10.6 Å². The third-order valence-electron chi connectivity index (χ3n) is 4.71. The largest absolute Gasteiger partial charge is 0.377 e. The van der Waals surface area contributed by atoms with Crippen LogP contribution in [-0.2, 0) is 11.8 Å². The highest BCUT2D eigenvalue weighted by molar-refractivity contribution is 6.33. The zero-order chi connectivity index (χ0) is 22.1. The molecule has 4 heterocycles. The van der Waals surface area contributed by atoms with Crippen molar-refractivity contribution in [1.82, 2.24) is 29.1 Å². The van der Waals surface area contributed by atoms with Crippen LogP contribution in [0.5, 0.6) is 0 Å². The first-order chi connectivity index (χ1) is 14.9. The van der Waals surface area contributed by atoms with E-state index in [0.717, 1.165) is 11.3 Å². The Morgan fingerprint density at radius 2 is 2.03 bits per heavy atom. The van der Waals surface area contributed by atoms with Crippen molar-refractivity contribution in [2.75, 3.05) is 17.7 Å². The highest BCUT2D eigenvalue weighted by atomic mass is 35.5. The molecule has 0 aliphatic heterocycles. The average molecular weight is 441 g/mol. The van der Waals surface area contributed by atoms with Crippen molar-refractivity contribution in [1.29, 1.82) is 0 Å². The summed E-state index contributed by atoms with van der Waals surface area (Å²) < 4.78 is 8.94. The summed E-state index contributed by atoms with van der Waals surface area (Å²) >= 11 is 6.35. The molecule has 0 aliphatic rings. The number of aromatic nitrogens is 6. The third kappa shape index (κ3) is 4.21. The highest BCUT2D eigenvalue weighted by Gasteiger charge is 2.19. The number of methoxy groups -OCH3 is 1. The molecule has 0 aliphatic carbocycles. The highest BCUT2D eigenvalue weighted by Crippen LogP contribution is 2.29. The Hall–Kier alpha value is -3.50. The first kappa shape index (κ1) is 20.8. The number of hydrogen-bond donors (Lipinski definition) is 2. The van der Waals surface area contributed by atoms with E-state index in [4.69, 9.17) is 16.3 Å². The molecule has 1 atom stereocenters. The molecule has 4 aromatic rings. The number of halogens is 1. The van der Waals surface area contributed by atoms with E-state index >= 15 is 0 Å². The molecule has 0 bridgehead atoms. The fourth-order valence-electron chi connectivity index (χ4n) is 3.20. The molecule has 31 heavy (non-hydrogen) atoms. The maximum atomic E-state index is 12.7. The topological polar surface area (TPSA) is 111 Å². The number of fused-ring (bicyclic) bond motifs is 1. The van der Waals surface area contributed by atoms with Crippen LogP contribution in [0.15, 0.2) is 37.2 Å². The Balaban J connectivity index is 1.56. The summed E-state index contributed by atoms with van der Waals surface area (Å²) in [4.78, 5) is 25.7. The van der Waals surface area contributed by atoms with Gasteiger partial charge in [0.15, 0.2) is 5.65 Å². The van der Waals surface area contributed by atoms with Gasteiger partial charge in [-0.3, -0.25) is 4.98 Å². The van der Waals surface area contributed by atoms with Crippen LogP contribution in [0.4, 0.5) is 16.2 Å². The van der Waals surface area contributed by atoms with Gasteiger partial charge in [-0.05, 0) is 19.9 Å². The number of aryl methyl sites for hydroxylation is 2. The van der Waals surface area contributed by atoms with Gasteiger partial charge in [0, 0.05) is 20.4 Å². The summed E-state index contributed by atoms with van der Waals surface area (Å²) in [6, 6.07) is 1.15. The second-order valence-electron chi connectivity index (χ2n) is 7.06. The van der Waals surface area contributed by atoms with Crippen LogP contribution in [0, 0.1) is 6.92 Å². The normalized spacial score (nSPS) is 12.2.